The van der Waals surface area contributed by atoms with E-state index in [4.69, 9.17) is 5.73 Å². The highest BCUT2D eigenvalue weighted by molar-refractivity contribution is 7.89. The van der Waals surface area contributed by atoms with Crippen molar-refractivity contribution < 1.29 is 13.2 Å². The van der Waals surface area contributed by atoms with Gasteiger partial charge in [0.25, 0.3) is 5.91 Å². The molecular weight excluding hydrogens is 338 g/mol. The van der Waals surface area contributed by atoms with E-state index >= 15 is 0 Å². The third-order valence-electron chi connectivity index (χ3n) is 4.55. The standard InChI is InChI=1S/C18H29N3O3S/c1-13-9-14(2)11-21(10-13)25(23,24)16-7-5-15(6-8-16)17(22)20-18(3,4)12-19/h5-8,13-14H,9-12,19H2,1-4H3,(H,20,22). The molecule has 1 fully saturated rings. The van der Waals surface area contributed by atoms with Crippen LogP contribution in [0.2, 0.25) is 0 Å². The van der Waals surface area contributed by atoms with Gasteiger partial charge < -0.3 is 11.1 Å². The van der Waals surface area contributed by atoms with Gasteiger partial charge in [0, 0.05) is 30.7 Å². The zero-order valence-electron chi connectivity index (χ0n) is 15.5. The zero-order chi connectivity index (χ0) is 18.8. The van der Waals surface area contributed by atoms with Crippen molar-refractivity contribution in [1.82, 2.24) is 9.62 Å². The molecule has 2 rings (SSSR count). The molecule has 1 aliphatic heterocycles. The van der Waals surface area contributed by atoms with Crippen LogP contribution in [0.4, 0.5) is 0 Å². The molecule has 0 aromatic heterocycles. The number of nitrogens with two attached hydrogens (primary N) is 1. The average molecular weight is 368 g/mol. The van der Waals surface area contributed by atoms with Gasteiger partial charge in [0.15, 0.2) is 0 Å². The molecule has 0 saturated carbocycles. The van der Waals surface area contributed by atoms with Crippen LogP contribution in [-0.4, -0.2) is 43.8 Å². The Hall–Kier alpha value is -1.44. The fourth-order valence-corrected chi connectivity index (χ4v) is 4.84. The molecule has 1 aliphatic rings. The summed E-state index contributed by atoms with van der Waals surface area (Å²) >= 11 is 0. The Balaban J connectivity index is 2.17. The highest BCUT2D eigenvalue weighted by atomic mass is 32.2. The van der Waals surface area contributed by atoms with Crippen molar-refractivity contribution in [3.05, 3.63) is 29.8 Å². The van der Waals surface area contributed by atoms with E-state index in [0.717, 1.165) is 6.42 Å². The molecule has 25 heavy (non-hydrogen) atoms. The summed E-state index contributed by atoms with van der Waals surface area (Å²) in [5.41, 5.74) is 5.52. The molecular formula is C18H29N3O3S. The third-order valence-corrected chi connectivity index (χ3v) is 6.40. The van der Waals surface area contributed by atoms with E-state index < -0.39 is 15.6 Å². The average Bonchev–Trinajstić information content (AvgIpc) is 2.53. The number of hydrogen-bond acceptors (Lipinski definition) is 4. The summed E-state index contributed by atoms with van der Waals surface area (Å²) in [5, 5.41) is 2.83. The molecule has 2 atom stereocenters. The summed E-state index contributed by atoms with van der Waals surface area (Å²) in [6.07, 6.45) is 1.04. The highest BCUT2D eigenvalue weighted by Crippen LogP contribution is 2.26. The lowest BCUT2D eigenvalue weighted by atomic mass is 9.94. The van der Waals surface area contributed by atoms with Crippen molar-refractivity contribution in [1.29, 1.82) is 0 Å². The van der Waals surface area contributed by atoms with Crippen LogP contribution in [0.3, 0.4) is 0 Å². The fraction of sp³-hybridized carbons (Fsp3) is 0.611. The minimum atomic E-state index is -3.53. The molecule has 0 spiro atoms. The molecule has 1 aromatic carbocycles. The molecule has 0 aliphatic carbocycles. The van der Waals surface area contributed by atoms with E-state index in [0.29, 0.717) is 37.0 Å². The number of carbonyl (C=O) groups is 1. The van der Waals surface area contributed by atoms with Crippen LogP contribution in [0.5, 0.6) is 0 Å². The van der Waals surface area contributed by atoms with Crippen LogP contribution in [0, 0.1) is 11.8 Å². The van der Waals surface area contributed by atoms with Crippen LogP contribution >= 0.6 is 0 Å². The second-order valence-electron chi connectivity index (χ2n) is 7.83. The van der Waals surface area contributed by atoms with E-state index in [2.05, 4.69) is 19.2 Å². The topological polar surface area (TPSA) is 92.5 Å². The summed E-state index contributed by atoms with van der Waals surface area (Å²) in [7, 11) is -3.53. The van der Waals surface area contributed by atoms with Gasteiger partial charge in [-0.3, -0.25) is 4.79 Å². The maximum absolute atomic E-state index is 12.8. The van der Waals surface area contributed by atoms with Gasteiger partial charge in [-0.15, -0.1) is 0 Å². The largest absolute Gasteiger partial charge is 0.346 e. The highest BCUT2D eigenvalue weighted by Gasteiger charge is 2.31. The fourth-order valence-electron chi connectivity index (χ4n) is 3.16. The first kappa shape index (κ1) is 19.9. The predicted octanol–water partition coefficient (Wildman–Crippen LogP) is 1.82. The molecule has 3 N–H and O–H groups in total. The van der Waals surface area contributed by atoms with Crippen molar-refractivity contribution in [3.8, 4) is 0 Å². The molecule has 7 heteroatoms. The summed E-state index contributed by atoms with van der Waals surface area (Å²) in [6, 6.07) is 6.10. The van der Waals surface area contributed by atoms with Gasteiger partial charge in [-0.05, 0) is 56.4 Å². The van der Waals surface area contributed by atoms with E-state index in [9.17, 15) is 13.2 Å². The first-order valence-electron chi connectivity index (χ1n) is 8.68. The normalized spacial score (nSPS) is 22.6. The third kappa shape index (κ3) is 4.80. The van der Waals surface area contributed by atoms with Crippen LogP contribution in [0.1, 0.15) is 44.5 Å². The van der Waals surface area contributed by atoms with E-state index in [1.54, 1.807) is 16.4 Å². The number of amides is 1. The number of hydrogen-bond donors (Lipinski definition) is 2. The Morgan fingerprint density at radius 1 is 1.20 bits per heavy atom. The Morgan fingerprint density at radius 2 is 1.72 bits per heavy atom. The molecule has 140 valence electrons. The molecule has 6 nitrogen and oxygen atoms in total. The number of nitrogens with zero attached hydrogens (tertiary/aromatic N) is 1. The second kappa shape index (κ2) is 7.43. The monoisotopic (exact) mass is 367 g/mol. The van der Waals surface area contributed by atoms with Crippen molar-refractivity contribution in [2.24, 2.45) is 17.6 Å². The van der Waals surface area contributed by atoms with Gasteiger partial charge in [-0.25, -0.2) is 8.42 Å². The molecule has 1 heterocycles. The van der Waals surface area contributed by atoms with Crippen molar-refractivity contribution >= 4 is 15.9 Å². The van der Waals surface area contributed by atoms with E-state index in [1.165, 1.54) is 12.1 Å². The molecule has 1 saturated heterocycles. The lowest BCUT2D eigenvalue weighted by Gasteiger charge is -2.34. The number of nitrogens with one attached hydrogen (secondary N) is 1. The van der Waals surface area contributed by atoms with Crippen LogP contribution < -0.4 is 11.1 Å². The Bertz CT molecular complexity index is 704. The Labute approximate surface area is 150 Å². The van der Waals surface area contributed by atoms with Crippen LogP contribution in [0.25, 0.3) is 0 Å². The zero-order valence-corrected chi connectivity index (χ0v) is 16.3. The van der Waals surface area contributed by atoms with Gasteiger partial charge in [-0.2, -0.15) is 4.31 Å². The number of rotatable bonds is 5. The number of sulfonamides is 1. The van der Waals surface area contributed by atoms with Gasteiger partial charge in [-0.1, -0.05) is 13.8 Å². The minimum Gasteiger partial charge on any atom is -0.346 e. The maximum atomic E-state index is 12.8. The molecule has 0 bridgehead atoms. The maximum Gasteiger partial charge on any atom is 0.251 e. The lowest BCUT2D eigenvalue weighted by Crippen LogP contribution is -2.48. The number of piperidine rings is 1. The minimum absolute atomic E-state index is 0.225. The predicted molar refractivity (Wildman–Crippen MR) is 98.7 cm³/mol. The van der Waals surface area contributed by atoms with Crippen molar-refractivity contribution in [2.75, 3.05) is 19.6 Å². The molecule has 1 amide bonds. The summed E-state index contributed by atoms with van der Waals surface area (Å²) in [6.45, 7) is 9.22. The van der Waals surface area contributed by atoms with E-state index in [1.807, 2.05) is 13.8 Å². The van der Waals surface area contributed by atoms with Crippen LogP contribution in [0.15, 0.2) is 29.2 Å². The van der Waals surface area contributed by atoms with Gasteiger partial charge in [0.05, 0.1) is 4.90 Å². The van der Waals surface area contributed by atoms with Gasteiger partial charge in [0.1, 0.15) is 0 Å². The first-order chi connectivity index (χ1) is 11.5. The number of carbonyl (C=O) groups excluding carboxylic acids is 1. The van der Waals surface area contributed by atoms with Gasteiger partial charge >= 0.3 is 0 Å². The molecule has 1 aromatic rings. The summed E-state index contributed by atoms with van der Waals surface area (Å²) < 4.78 is 27.2. The SMILES string of the molecule is CC1CC(C)CN(S(=O)(=O)c2ccc(C(=O)NC(C)(C)CN)cc2)C1. The lowest BCUT2D eigenvalue weighted by molar-refractivity contribution is 0.0915. The van der Waals surface area contributed by atoms with Gasteiger partial charge in [0.2, 0.25) is 10.0 Å². The summed E-state index contributed by atoms with van der Waals surface area (Å²) in [5.74, 6) is 0.434. The second-order valence-corrected chi connectivity index (χ2v) is 9.77. The smallest absolute Gasteiger partial charge is 0.251 e. The quantitative estimate of drug-likeness (QED) is 0.830. The Morgan fingerprint density at radius 3 is 2.20 bits per heavy atom. The van der Waals surface area contributed by atoms with E-state index in [-0.39, 0.29) is 10.8 Å². The molecule has 0 radical (unpaired) electrons. The van der Waals surface area contributed by atoms with Crippen LogP contribution in [-0.2, 0) is 10.0 Å². The Kier molecular flexibility index (Phi) is 5.91. The first-order valence-corrected chi connectivity index (χ1v) is 10.1. The number of benzene rings is 1. The summed E-state index contributed by atoms with van der Waals surface area (Å²) in [4.78, 5) is 12.5. The van der Waals surface area contributed by atoms with Crippen molar-refractivity contribution in [2.45, 2.75) is 44.6 Å². The van der Waals surface area contributed by atoms with Crippen molar-refractivity contribution in [3.63, 3.8) is 0 Å². The molecule has 2 unspecified atom stereocenters.